The number of amides is 1. The van der Waals surface area contributed by atoms with Crippen molar-refractivity contribution in [3.05, 3.63) is 21.4 Å². The Morgan fingerprint density at radius 2 is 2.16 bits per heavy atom. The van der Waals surface area contributed by atoms with Crippen LogP contribution in [0.3, 0.4) is 0 Å². The summed E-state index contributed by atoms with van der Waals surface area (Å²) in [7, 11) is 1.75. The fourth-order valence-electron chi connectivity index (χ4n) is 2.59. The summed E-state index contributed by atoms with van der Waals surface area (Å²) < 4.78 is 5.34. The first-order chi connectivity index (χ1) is 9.15. The van der Waals surface area contributed by atoms with Gasteiger partial charge in [-0.05, 0) is 37.8 Å². The van der Waals surface area contributed by atoms with Gasteiger partial charge in [0, 0.05) is 25.1 Å². The number of aryl methyl sites for hydroxylation is 2. The lowest BCUT2D eigenvalue weighted by atomic mass is 10.1. The maximum Gasteiger partial charge on any atom is 0.263 e. The van der Waals surface area contributed by atoms with Gasteiger partial charge in [0.1, 0.15) is 0 Å². The first-order valence-corrected chi connectivity index (χ1v) is 7.88. The summed E-state index contributed by atoms with van der Waals surface area (Å²) in [4.78, 5) is 16.6. The number of rotatable bonds is 4. The van der Waals surface area contributed by atoms with E-state index in [0.29, 0.717) is 6.10 Å². The minimum Gasteiger partial charge on any atom is -0.381 e. The van der Waals surface area contributed by atoms with Gasteiger partial charge < -0.3 is 9.64 Å². The van der Waals surface area contributed by atoms with Crippen molar-refractivity contribution in [2.45, 2.75) is 45.6 Å². The standard InChI is InChI=1S/C15H23NO2S/c1-4-5-12-10-14(19-11(12)2)15(17)16-8-6-13(18-3)7-9-16/h10,13H,4-9H2,1-3H3. The molecule has 0 atom stereocenters. The van der Waals surface area contributed by atoms with Gasteiger partial charge in [-0.15, -0.1) is 11.3 Å². The van der Waals surface area contributed by atoms with Gasteiger partial charge in [-0.25, -0.2) is 0 Å². The van der Waals surface area contributed by atoms with Crippen molar-refractivity contribution >= 4 is 17.2 Å². The molecule has 4 heteroatoms. The van der Waals surface area contributed by atoms with Gasteiger partial charge in [0.25, 0.3) is 5.91 Å². The third kappa shape index (κ3) is 3.37. The molecule has 1 aliphatic heterocycles. The molecular weight excluding hydrogens is 258 g/mol. The first-order valence-electron chi connectivity index (χ1n) is 7.07. The largest absolute Gasteiger partial charge is 0.381 e. The fraction of sp³-hybridized carbons (Fsp3) is 0.667. The predicted octanol–water partition coefficient (Wildman–Crippen LogP) is 3.26. The zero-order valence-electron chi connectivity index (χ0n) is 12.1. The highest BCUT2D eigenvalue weighted by atomic mass is 32.1. The molecule has 1 aromatic rings. The molecule has 1 saturated heterocycles. The number of nitrogens with zero attached hydrogens (tertiary/aromatic N) is 1. The number of carbonyl (C=O) groups is 1. The molecule has 0 aromatic carbocycles. The van der Waals surface area contributed by atoms with Crippen LogP contribution in [0.5, 0.6) is 0 Å². The van der Waals surface area contributed by atoms with E-state index in [1.165, 1.54) is 10.4 Å². The predicted molar refractivity (Wildman–Crippen MR) is 79.0 cm³/mol. The molecule has 0 aliphatic carbocycles. The molecule has 0 bridgehead atoms. The van der Waals surface area contributed by atoms with Crippen molar-refractivity contribution in [3.8, 4) is 0 Å². The van der Waals surface area contributed by atoms with Crippen molar-refractivity contribution in [1.29, 1.82) is 0 Å². The molecule has 19 heavy (non-hydrogen) atoms. The fourth-order valence-corrected chi connectivity index (χ4v) is 3.63. The molecular formula is C15H23NO2S. The number of methoxy groups -OCH3 is 1. The van der Waals surface area contributed by atoms with Gasteiger partial charge in [-0.2, -0.15) is 0 Å². The van der Waals surface area contributed by atoms with E-state index in [-0.39, 0.29) is 5.91 Å². The zero-order chi connectivity index (χ0) is 13.8. The third-order valence-electron chi connectivity index (χ3n) is 3.81. The van der Waals surface area contributed by atoms with Crippen molar-refractivity contribution in [2.24, 2.45) is 0 Å². The summed E-state index contributed by atoms with van der Waals surface area (Å²) in [6.45, 7) is 5.92. The molecule has 0 unspecified atom stereocenters. The van der Waals surface area contributed by atoms with Crippen molar-refractivity contribution in [1.82, 2.24) is 4.90 Å². The second kappa shape index (κ2) is 6.53. The summed E-state index contributed by atoms with van der Waals surface area (Å²) in [6, 6.07) is 2.09. The molecule has 0 radical (unpaired) electrons. The van der Waals surface area contributed by atoms with Crippen LogP contribution < -0.4 is 0 Å². The Hall–Kier alpha value is -0.870. The van der Waals surface area contributed by atoms with E-state index in [0.717, 1.165) is 43.6 Å². The second-order valence-corrected chi connectivity index (χ2v) is 6.43. The summed E-state index contributed by atoms with van der Waals surface area (Å²) >= 11 is 1.64. The van der Waals surface area contributed by atoms with E-state index in [1.807, 2.05) is 4.90 Å². The van der Waals surface area contributed by atoms with Crippen LogP contribution in [0.25, 0.3) is 0 Å². The van der Waals surface area contributed by atoms with Crippen LogP contribution in [0.1, 0.15) is 46.3 Å². The number of hydrogen-bond donors (Lipinski definition) is 0. The normalized spacial score (nSPS) is 16.9. The molecule has 2 heterocycles. The highest BCUT2D eigenvalue weighted by molar-refractivity contribution is 7.14. The van der Waals surface area contributed by atoms with Crippen molar-refractivity contribution in [2.75, 3.05) is 20.2 Å². The van der Waals surface area contributed by atoms with Crippen LogP contribution in [0.15, 0.2) is 6.07 Å². The molecule has 1 aromatic heterocycles. The molecule has 3 nitrogen and oxygen atoms in total. The molecule has 1 amide bonds. The Balaban J connectivity index is 2.02. The van der Waals surface area contributed by atoms with Gasteiger partial charge in [0.2, 0.25) is 0 Å². The molecule has 0 saturated carbocycles. The van der Waals surface area contributed by atoms with E-state index in [1.54, 1.807) is 18.4 Å². The average molecular weight is 281 g/mol. The maximum atomic E-state index is 12.5. The number of hydrogen-bond acceptors (Lipinski definition) is 3. The van der Waals surface area contributed by atoms with Crippen LogP contribution in [0.2, 0.25) is 0 Å². The van der Waals surface area contributed by atoms with Gasteiger partial charge in [-0.1, -0.05) is 13.3 Å². The highest BCUT2D eigenvalue weighted by Crippen LogP contribution is 2.25. The lowest BCUT2D eigenvalue weighted by molar-refractivity contribution is 0.0353. The molecule has 2 rings (SSSR count). The maximum absolute atomic E-state index is 12.5. The number of carbonyl (C=O) groups excluding carboxylic acids is 1. The third-order valence-corrected chi connectivity index (χ3v) is 4.89. The van der Waals surface area contributed by atoms with Gasteiger partial charge in [-0.3, -0.25) is 4.79 Å². The van der Waals surface area contributed by atoms with E-state index in [9.17, 15) is 4.79 Å². The van der Waals surface area contributed by atoms with Crippen LogP contribution >= 0.6 is 11.3 Å². The van der Waals surface area contributed by atoms with Crippen molar-refractivity contribution in [3.63, 3.8) is 0 Å². The zero-order valence-corrected chi connectivity index (χ0v) is 12.9. The van der Waals surface area contributed by atoms with E-state index >= 15 is 0 Å². The Labute approximate surface area is 119 Å². The highest BCUT2D eigenvalue weighted by Gasteiger charge is 2.24. The summed E-state index contributed by atoms with van der Waals surface area (Å²) in [6.07, 6.45) is 4.43. The van der Waals surface area contributed by atoms with Crippen LogP contribution in [-0.2, 0) is 11.2 Å². The van der Waals surface area contributed by atoms with Crippen LogP contribution in [0, 0.1) is 6.92 Å². The molecule has 0 N–H and O–H groups in total. The number of piperidine rings is 1. The molecule has 1 aliphatic rings. The van der Waals surface area contributed by atoms with Gasteiger partial charge in [0.15, 0.2) is 0 Å². The Morgan fingerprint density at radius 3 is 2.74 bits per heavy atom. The van der Waals surface area contributed by atoms with E-state index in [2.05, 4.69) is 19.9 Å². The second-order valence-electron chi connectivity index (χ2n) is 5.17. The van der Waals surface area contributed by atoms with Gasteiger partial charge in [0.05, 0.1) is 11.0 Å². The monoisotopic (exact) mass is 281 g/mol. The lowest BCUT2D eigenvalue weighted by Crippen LogP contribution is -2.40. The van der Waals surface area contributed by atoms with E-state index in [4.69, 9.17) is 4.74 Å². The number of ether oxygens (including phenoxy) is 1. The Bertz CT molecular complexity index is 433. The first kappa shape index (κ1) is 14.5. The molecule has 1 fully saturated rings. The SMILES string of the molecule is CCCc1cc(C(=O)N2CCC(OC)CC2)sc1C. The average Bonchev–Trinajstić information content (AvgIpc) is 2.80. The minimum absolute atomic E-state index is 0.199. The number of thiophene rings is 1. The van der Waals surface area contributed by atoms with Crippen LogP contribution in [-0.4, -0.2) is 37.1 Å². The molecule has 106 valence electrons. The molecule has 0 spiro atoms. The van der Waals surface area contributed by atoms with E-state index < -0.39 is 0 Å². The summed E-state index contributed by atoms with van der Waals surface area (Å²) in [5.41, 5.74) is 1.34. The smallest absolute Gasteiger partial charge is 0.263 e. The number of likely N-dealkylation sites (tertiary alicyclic amines) is 1. The summed E-state index contributed by atoms with van der Waals surface area (Å²) in [5.74, 6) is 0.199. The van der Waals surface area contributed by atoms with Crippen molar-refractivity contribution < 1.29 is 9.53 Å². The Morgan fingerprint density at radius 1 is 1.47 bits per heavy atom. The van der Waals surface area contributed by atoms with Gasteiger partial charge >= 0.3 is 0 Å². The topological polar surface area (TPSA) is 29.5 Å². The Kier molecular flexibility index (Phi) is 4.99. The summed E-state index contributed by atoms with van der Waals surface area (Å²) in [5, 5.41) is 0. The minimum atomic E-state index is 0.199. The lowest BCUT2D eigenvalue weighted by Gasteiger charge is -2.30. The quantitative estimate of drug-likeness (QED) is 0.848. The van der Waals surface area contributed by atoms with Crippen LogP contribution in [0.4, 0.5) is 0 Å².